The number of anilines is 1. The topological polar surface area (TPSA) is 77.9 Å². The van der Waals surface area contributed by atoms with Gasteiger partial charge in [-0.25, -0.2) is 9.69 Å². The van der Waals surface area contributed by atoms with E-state index in [2.05, 4.69) is 11.8 Å². The molecular formula is C17H20N2O4. The number of carboxylic acid groups (broad SMARTS) is 1. The quantitative estimate of drug-likeness (QED) is 0.860. The fraction of sp³-hybridized carbons (Fsp3) is 0.471. The average Bonchev–Trinajstić information content (AvgIpc) is 2.83. The maximum absolute atomic E-state index is 12.7. The number of aromatic carboxylic acids is 1. The Morgan fingerprint density at radius 1 is 1.22 bits per heavy atom. The van der Waals surface area contributed by atoms with E-state index in [1.165, 1.54) is 12.1 Å². The fourth-order valence-corrected chi connectivity index (χ4v) is 3.29. The molecule has 3 rings (SSSR count). The molecule has 2 aliphatic heterocycles. The van der Waals surface area contributed by atoms with Gasteiger partial charge in [-0.1, -0.05) is 13.0 Å². The van der Waals surface area contributed by atoms with E-state index in [-0.39, 0.29) is 23.8 Å². The monoisotopic (exact) mass is 316 g/mol. The zero-order chi connectivity index (χ0) is 16.6. The molecule has 0 aromatic heterocycles. The molecule has 0 bridgehead atoms. The minimum atomic E-state index is -1.08. The molecule has 1 N–H and O–H groups in total. The number of imide groups is 1. The second kappa shape index (κ2) is 6.12. The first-order valence-electron chi connectivity index (χ1n) is 7.91. The number of nitrogens with zero attached hydrogens (tertiary/aromatic N) is 2. The molecule has 6 heteroatoms. The van der Waals surface area contributed by atoms with Crippen molar-refractivity contribution in [2.24, 2.45) is 5.92 Å². The summed E-state index contributed by atoms with van der Waals surface area (Å²) in [5.74, 6) is -0.928. The van der Waals surface area contributed by atoms with Crippen molar-refractivity contribution in [1.82, 2.24) is 4.90 Å². The van der Waals surface area contributed by atoms with Crippen LogP contribution in [0, 0.1) is 5.92 Å². The van der Waals surface area contributed by atoms with Crippen LogP contribution in [0.5, 0.6) is 0 Å². The molecule has 0 radical (unpaired) electrons. The standard InChI is InChI=1S/C17H20N2O4/c1-11-5-7-18(8-6-11)14-10-15(20)19(16(14)21)13-4-2-3-12(9-13)17(22)23/h2-4,9,11,14H,5-8,10H2,1H3,(H,22,23)/t14-/m0/s1. The zero-order valence-electron chi connectivity index (χ0n) is 13.1. The van der Waals surface area contributed by atoms with Crippen molar-refractivity contribution in [3.8, 4) is 0 Å². The number of amides is 2. The van der Waals surface area contributed by atoms with Crippen LogP contribution < -0.4 is 4.90 Å². The van der Waals surface area contributed by atoms with Gasteiger partial charge in [-0.2, -0.15) is 0 Å². The number of hydrogen-bond acceptors (Lipinski definition) is 4. The molecule has 2 aliphatic rings. The Morgan fingerprint density at radius 3 is 2.57 bits per heavy atom. The Hall–Kier alpha value is -2.21. The van der Waals surface area contributed by atoms with E-state index >= 15 is 0 Å². The molecule has 0 unspecified atom stereocenters. The van der Waals surface area contributed by atoms with Crippen LogP contribution in [0.2, 0.25) is 0 Å². The second-order valence-electron chi connectivity index (χ2n) is 6.36. The Labute approximate surface area is 134 Å². The number of carbonyl (C=O) groups is 3. The molecule has 1 aromatic carbocycles. The fourth-order valence-electron chi connectivity index (χ4n) is 3.29. The lowest BCUT2D eigenvalue weighted by Crippen LogP contribution is -2.45. The number of rotatable bonds is 3. The minimum Gasteiger partial charge on any atom is -0.478 e. The highest BCUT2D eigenvalue weighted by Gasteiger charge is 2.43. The van der Waals surface area contributed by atoms with Crippen molar-refractivity contribution in [3.63, 3.8) is 0 Å². The highest BCUT2D eigenvalue weighted by Crippen LogP contribution is 2.28. The van der Waals surface area contributed by atoms with Crippen LogP contribution >= 0.6 is 0 Å². The first-order valence-corrected chi connectivity index (χ1v) is 7.91. The summed E-state index contributed by atoms with van der Waals surface area (Å²) in [5, 5.41) is 9.07. The van der Waals surface area contributed by atoms with Crippen LogP contribution in [0.4, 0.5) is 5.69 Å². The predicted octanol–water partition coefficient (Wildman–Crippen LogP) is 1.75. The van der Waals surface area contributed by atoms with Gasteiger partial charge in [0.05, 0.1) is 23.7 Å². The maximum Gasteiger partial charge on any atom is 0.335 e. The third kappa shape index (κ3) is 2.99. The molecule has 2 fully saturated rings. The summed E-state index contributed by atoms with van der Waals surface area (Å²) in [6.45, 7) is 3.85. The summed E-state index contributed by atoms with van der Waals surface area (Å²) in [6.07, 6.45) is 2.24. The molecule has 1 atom stereocenters. The summed E-state index contributed by atoms with van der Waals surface area (Å²) in [4.78, 5) is 39.3. The molecule has 0 aliphatic carbocycles. The summed E-state index contributed by atoms with van der Waals surface area (Å²) in [5.41, 5.74) is 0.408. The van der Waals surface area contributed by atoms with Crippen molar-refractivity contribution in [2.45, 2.75) is 32.2 Å². The van der Waals surface area contributed by atoms with Crippen molar-refractivity contribution in [3.05, 3.63) is 29.8 Å². The van der Waals surface area contributed by atoms with E-state index < -0.39 is 12.0 Å². The minimum absolute atomic E-state index is 0.0679. The molecule has 122 valence electrons. The van der Waals surface area contributed by atoms with Gasteiger partial charge in [-0.05, 0) is 50.0 Å². The summed E-state index contributed by atoms with van der Waals surface area (Å²) in [7, 11) is 0. The van der Waals surface area contributed by atoms with Gasteiger partial charge in [0, 0.05) is 0 Å². The molecule has 1 aromatic rings. The average molecular weight is 316 g/mol. The van der Waals surface area contributed by atoms with Crippen LogP contribution in [0.25, 0.3) is 0 Å². The van der Waals surface area contributed by atoms with E-state index in [0.29, 0.717) is 11.6 Å². The van der Waals surface area contributed by atoms with Gasteiger partial charge in [0.15, 0.2) is 0 Å². The molecule has 0 saturated carbocycles. The normalized spacial score (nSPS) is 23.5. The van der Waals surface area contributed by atoms with Gasteiger partial charge in [0.25, 0.3) is 5.91 Å². The Bertz CT molecular complexity index is 650. The smallest absolute Gasteiger partial charge is 0.335 e. The van der Waals surface area contributed by atoms with E-state index in [0.717, 1.165) is 30.8 Å². The number of carbonyl (C=O) groups excluding carboxylic acids is 2. The van der Waals surface area contributed by atoms with E-state index in [1.807, 2.05) is 0 Å². The lowest BCUT2D eigenvalue weighted by molar-refractivity contribution is -0.123. The molecular weight excluding hydrogens is 296 g/mol. The van der Waals surface area contributed by atoms with Crippen molar-refractivity contribution >= 4 is 23.5 Å². The van der Waals surface area contributed by atoms with Gasteiger partial charge in [0.2, 0.25) is 5.91 Å². The number of likely N-dealkylation sites (tertiary alicyclic amines) is 1. The number of benzene rings is 1. The Kier molecular flexibility index (Phi) is 4.17. The third-order valence-corrected chi connectivity index (χ3v) is 4.73. The van der Waals surface area contributed by atoms with Gasteiger partial charge < -0.3 is 5.11 Å². The zero-order valence-corrected chi connectivity index (χ0v) is 13.1. The SMILES string of the molecule is CC1CCN([C@H]2CC(=O)N(c3cccc(C(=O)O)c3)C2=O)CC1. The Balaban J connectivity index is 1.81. The largest absolute Gasteiger partial charge is 0.478 e. The van der Waals surface area contributed by atoms with Gasteiger partial charge >= 0.3 is 5.97 Å². The molecule has 23 heavy (non-hydrogen) atoms. The molecule has 2 heterocycles. The highest BCUT2D eigenvalue weighted by atomic mass is 16.4. The molecule has 0 spiro atoms. The van der Waals surface area contributed by atoms with Crippen LogP contribution in [0.15, 0.2) is 24.3 Å². The molecule has 2 amide bonds. The highest BCUT2D eigenvalue weighted by molar-refractivity contribution is 6.22. The summed E-state index contributed by atoms with van der Waals surface area (Å²) >= 11 is 0. The van der Waals surface area contributed by atoms with Gasteiger partial charge in [-0.15, -0.1) is 0 Å². The Morgan fingerprint density at radius 2 is 1.91 bits per heavy atom. The summed E-state index contributed by atoms with van der Waals surface area (Å²) < 4.78 is 0. The lowest BCUT2D eigenvalue weighted by atomic mass is 9.97. The van der Waals surface area contributed by atoms with Gasteiger partial charge in [0.1, 0.15) is 0 Å². The summed E-state index contributed by atoms with van der Waals surface area (Å²) in [6, 6.07) is 5.56. The first kappa shape index (κ1) is 15.7. The second-order valence-corrected chi connectivity index (χ2v) is 6.36. The van der Waals surface area contributed by atoms with Crippen LogP contribution in [-0.4, -0.2) is 46.9 Å². The van der Waals surface area contributed by atoms with E-state index in [1.54, 1.807) is 12.1 Å². The van der Waals surface area contributed by atoms with Crippen LogP contribution in [0.1, 0.15) is 36.5 Å². The van der Waals surface area contributed by atoms with Crippen molar-refractivity contribution in [1.29, 1.82) is 0 Å². The lowest BCUT2D eigenvalue weighted by Gasteiger charge is -2.33. The van der Waals surface area contributed by atoms with Crippen LogP contribution in [0.3, 0.4) is 0 Å². The van der Waals surface area contributed by atoms with E-state index in [4.69, 9.17) is 5.11 Å². The number of hydrogen-bond donors (Lipinski definition) is 1. The molecule has 2 saturated heterocycles. The predicted molar refractivity (Wildman–Crippen MR) is 84.3 cm³/mol. The third-order valence-electron chi connectivity index (χ3n) is 4.73. The number of piperidine rings is 1. The molecule has 6 nitrogen and oxygen atoms in total. The van der Waals surface area contributed by atoms with E-state index in [9.17, 15) is 14.4 Å². The van der Waals surface area contributed by atoms with Crippen molar-refractivity contribution in [2.75, 3.05) is 18.0 Å². The number of carboxylic acids is 1. The van der Waals surface area contributed by atoms with Crippen molar-refractivity contribution < 1.29 is 19.5 Å². The van der Waals surface area contributed by atoms with Gasteiger partial charge in [-0.3, -0.25) is 14.5 Å². The first-order chi connectivity index (χ1) is 11.0. The van der Waals surface area contributed by atoms with Crippen LogP contribution in [-0.2, 0) is 9.59 Å². The maximum atomic E-state index is 12.7.